The van der Waals surface area contributed by atoms with Crippen molar-refractivity contribution in [3.8, 4) is 0 Å². The number of carboxylic acids is 1. The lowest BCUT2D eigenvalue weighted by Crippen LogP contribution is -1.97. The van der Waals surface area contributed by atoms with Crippen LogP contribution in [0.5, 0.6) is 0 Å². The van der Waals surface area contributed by atoms with Crippen LogP contribution >= 0.6 is 23.1 Å². The predicted molar refractivity (Wildman–Crippen MR) is 62.1 cm³/mol. The number of imidazole rings is 1. The number of rotatable bonds is 2. The fourth-order valence-electron chi connectivity index (χ4n) is 1.49. The third-order valence-electron chi connectivity index (χ3n) is 2.30. The topological polar surface area (TPSA) is 55.1 Å². The number of aromatic nitrogens is 2. The van der Waals surface area contributed by atoms with E-state index in [0.717, 1.165) is 21.1 Å². The molecule has 80 valence electrons. The summed E-state index contributed by atoms with van der Waals surface area (Å²) in [6, 6.07) is 0. The first-order chi connectivity index (χ1) is 7.06. The number of hydrogen-bond donors (Lipinski definition) is 1. The number of thioether (sulfide) groups is 1. The lowest BCUT2D eigenvalue weighted by Gasteiger charge is -1.95. The van der Waals surface area contributed by atoms with Crippen molar-refractivity contribution in [2.75, 3.05) is 6.26 Å². The minimum absolute atomic E-state index is 0.373. The molecular weight excluding hydrogens is 232 g/mol. The highest BCUT2D eigenvalue weighted by Gasteiger charge is 2.21. The van der Waals surface area contributed by atoms with Crippen molar-refractivity contribution in [1.29, 1.82) is 0 Å². The smallest absolute Gasteiger partial charge is 0.348 e. The number of thiophene rings is 1. The van der Waals surface area contributed by atoms with Crippen molar-refractivity contribution < 1.29 is 9.90 Å². The summed E-state index contributed by atoms with van der Waals surface area (Å²) < 4.78 is 2.79. The SMILES string of the molecule is CSc1sc(C(=O)O)c2c1nc(C)n2C. The second kappa shape index (κ2) is 3.53. The van der Waals surface area contributed by atoms with Gasteiger partial charge in [0.1, 0.15) is 16.2 Å². The molecule has 4 nitrogen and oxygen atoms in total. The zero-order valence-corrected chi connectivity index (χ0v) is 10.2. The van der Waals surface area contributed by atoms with Gasteiger partial charge in [0.05, 0.1) is 9.73 Å². The molecule has 0 unspecified atom stereocenters. The van der Waals surface area contributed by atoms with E-state index in [1.54, 1.807) is 0 Å². The minimum atomic E-state index is -0.881. The van der Waals surface area contributed by atoms with Gasteiger partial charge in [-0.2, -0.15) is 0 Å². The second-order valence-electron chi connectivity index (χ2n) is 3.14. The van der Waals surface area contributed by atoms with Gasteiger partial charge in [0.2, 0.25) is 0 Å². The highest BCUT2D eigenvalue weighted by molar-refractivity contribution is 8.00. The third-order valence-corrected chi connectivity index (χ3v) is 4.57. The second-order valence-corrected chi connectivity index (χ2v) is 5.24. The van der Waals surface area contributed by atoms with Gasteiger partial charge in [-0.05, 0) is 13.2 Å². The van der Waals surface area contributed by atoms with E-state index in [4.69, 9.17) is 5.11 Å². The molecule has 2 aromatic heterocycles. The molecular formula is C9H10N2O2S2. The van der Waals surface area contributed by atoms with E-state index >= 15 is 0 Å². The Morgan fingerprint density at radius 2 is 2.27 bits per heavy atom. The van der Waals surface area contributed by atoms with Gasteiger partial charge >= 0.3 is 5.97 Å². The first-order valence-electron chi connectivity index (χ1n) is 4.29. The zero-order valence-electron chi connectivity index (χ0n) is 8.57. The number of fused-ring (bicyclic) bond motifs is 1. The number of aryl methyl sites for hydroxylation is 2. The van der Waals surface area contributed by atoms with E-state index in [2.05, 4.69) is 4.98 Å². The minimum Gasteiger partial charge on any atom is -0.477 e. The Kier molecular flexibility index (Phi) is 2.47. The van der Waals surface area contributed by atoms with Gasteiger partial charge in [-0.15, -0.1) is 23.1 Å². The molecule has 0 radical (unpaired) electrons. The largest absolute Gasteiger partial charge is 0.477 e. The van der Waals surface area contributed by atoms with Crippen LogP contribution in [0.4, 0.5) is 0 Å². The average Bonchev–Trinajstić information content (AvgIpc) is 2.66. The first-order valence-corrected chi connectivity index (χ1v) is 6.33. The van der Waals surface area contributed by atoms with Gasteiger partial charge in [0.25, 0.3) is 0 Å². The quantitative estimate of drug-likeness (QED) is 0.821. The Bertz CT molecular complexity index is 542. The van der Waals surface area contributed by atoms with Crippen molar-refractivity contribution in [1.82, 2.24) is 9.55 Å². The Hall–Kier alpha value is -1.01. The summed E-state index contributed by atoms with van der Waals surface area (Å²) in [6.45, 7) is 1.88. The van der Waals surface area contributed by atoms with Gasteiger partial charge in [0.15, 0.2) is 0 Å². The molecule has 0 saturated carbocycles. The van der Waals surface area contributed by atoms with Crippen LogP contribution in [0.15, 0.2) is 4.21 Å². The van der Waals surface area contributed by atoms with Crippen LogP contribution in [0, 0.1) is 6.92 Å². The van der Waals surface area contributed by atoms with Crippen molar-refractivity contribution in [3.05, 3.63) is 10.7 Å². The van der Waals surface area contributed by atoms with E-state index in [1.165, 1.54) is 23.1 Å². The summed E-state index contributed by atoms with van der Waals surface area (Å²) in [5, 5.41) is 9.09. The maximum absolute atomic E-state index is 11.1. The van der Waals surface area contributed by atoms with E-state index in [9.17, 15) is 4.79 Å². The molecule has 0 aromatic carbocycles. The Labute approximate surface area is 94.9 Å². The van der Waals surface area contributed by atoms with Crippen LogP contribution < -0.4 is 0 Å². The van der Waals surface area contributed by atoms with Gasteiger partial charge in [0, 0.05) is 7.05 Å². The summed E-state index contributed by atoms with van der Waals surface area (Å²) in [7, 11) is 1.84. The molecule has 0 aliphatic rings. The molecule has 1 N–H and O–H groups in total. The van der Waals surface area contributed by atoms with Crippen molar-refractivity contribution in [2.24, 2.45) is 7.05 Å². The molecule has 6 heteroatoms. The molecule has 0 amide bonds. The summed E-state index contributed by atoms with van der Waals surface area (Å²) in [5.74, 6) is -0.0427. The van der Waals surface area contributed by atoms with Crippen LogP contribution in [0.3, 0.4) is 0 Å². The van der Waals surface area contributed by atoms with Crippen molar-refractivity contribution in [3.63, 3.8) is 0 Å². The lowest BCUT2D eigenvalue weighted by molar-refractivity contribution is 0.0703. The zero-order chi connectivity index (χ0) is 11.2. The molecule has 2 aromatic rings. The van der Waals surface area contributed by atoms with Gasteiger partial charge < -0.3 is 9.67 Å². The molecule has 0 bridgehead atoms. The standard InChI is InChI=1S/C9H10N2O2S2/c1-4-10-5-6(11(4)2)7(8(12)13)15-9(5)14-3/h1-3H3,(H,12,13). The van der Waals surface area contributed by atoms with Gasteiger partial charge in [-0.25, -0.2) is 9.78 Å². The van der Waals surface area contributed by atoms with Crippen molar-refractivity contribution in [2.45, 2.75) is 11.1 Å². The Morgan fingerprint density at radius 1 is 1.60 bits per heavy atom. The van der Waals surface area contributed by atoms with Crippen LogP contribution in [-0.4, -0.2) is 26.9 Å². The van der Waals surface area contributed by atoms with Crippen LogP contribution in [0.25, 0.3) is 11.0 Å². The van der Waals surface area contributed by atoms with Crippen molar-refractivity contribution >= 4 is 40.1 Å². The van der Waals surface area contributed by atoms with Gasteiger partial charge in [-0.1, -0.05) is 0 Å². The van der Waals surface area contributed by atoms with Crippen LogP contribution in [0.1, 0.15) is 15.5 Å². The monoisotopic (exact) mass is 242 g/mol. The molecule has 0 saturated heterocycles. The third kappa shape index (κ3) is 1.44. The molecule has 2 rings (SSSR count). The molecule has 15 heavy (non-hydrogen) atoms. The summed E-state index contributed by atoms with van der Waals surface area (Å²) in [6.07, 6.45) is 1.93. The summed E-state index contributed by atoms with van der Waals surface area (Å²) >= 11 is 2.83. The summed E-state index contributed by atoms with van der Waals surface area (Å²) in [5.41, 5.74) is 1.54. The fourth-order valence-corrected chi connectivity index (χ4v) is 3.25. The van der Waals surface area contributed by atoms with E-state index in [1.807, 2.05) is 24.8 Å². The van der Waals surface area contributed by atoms with Gasteiger partial charge in [-0.3, -0.25) is 0 Å². The lowest BCUT2D eigenvalue weighted by atomic mass is 10.4. The van der Waals surface area contributed by atoms with Crippen LogP contribution in [-0.2, 0) is 7.05 Å². The molecule has 0 aliphatic carbocycles. The first kappa shape index (κ1) is 10.5. The number of carboxylic acid groups (broad SMARTS) is 1. The molecule has 0 atom stereocenters. The maximum Gasteiger partial charge on any atom is 0.348 e. The van der Waals surface area contributed by atoms with E-state index < -0.39 is 5.97 Å². The number of nitrogens with zero attached hydrogens (tertiary/aromatic N) is 2. The number of hydrogen-bond acceptors (Lipinski definition) is 4. The molecule has 0 aliphatic heterocycles. The van der Waals surface area contributed by atoms with Crippen LogP contribution in [0.2, 0.25) is 0 Å². The highest BCUT2D eigenvalue weighted by atomic mass is 32.2. The molecule has 0 spiro atoms. The Balaban J connectivity index is 2.87. The predicted octanol–water partition coefficient (Wildman–Crippen LogP) is 2.36. The molecule has 0 fully saturated rings. The summed E-state index contributed by atoms with van der Waals surface area (Å²) in [4.78, 5) is 15.8. The van der Waals surface area contributed by atoms with E-state index in [-0.39, 0.29) is 0 Å². The maximum atomic E-state index is 11.1. The number of carbonyl (C=O) groups is 1. The average molecular weight is 242 g/mol. The highest BCUT2D eigenvalue weighted by Crippen LogP contribution is 2.36. The Morgan fingerprint density at radius 3 is 2.80 bits per heavy atom. The van der Waals surface area contributed by atoms with E-state index in [0.29, 0.717) is 4.88 Å². The normalized spacial score (nSPS) is 11.1. The fraction of sp³-hybridized carbons (Fsp3) is 0.333. The number of aromatic carboxylic acids is 1. The molecule has 2 heterocycles.